The van der Waals surface area contributed by atoms with E-state index in [1.54, 1.807) is 12.3 Å². The van der Waals surface area contributed by atoms with E-state index in [-0.39, 0.29) is 0 Å². The Kier molecular flexibility index (Phi) is 5.19. The standard InChI is InChI=1S/C15H17ClN2O/c1-2-7-17-11-12-6-8-18-15(9-12)19-14-5-3-4-13(16)10-14/h3-6,8-10,17H,2,7,11H2,1H3. The van der Waals surface area contributed by atoms with Gasteiger partial charge in [-0.2, -0.15) is 0 Å². The largest absolute Gasteiger partial charge is 0.439 e. The molecule has 0 saturated carbocycles. The van der Waals surface area contributed by atoms with Gasteiger partial charge in [0.2, 0.25) is 5.88 Å². The SMILES string of the molecule is CCCNCc1ccnc(Oc2cccc(Cl)c2)c1. The third-order valence-corrected chi connectivity index (χ3v) is 2.81. The Morgan fingerprint density at radius 1 is 1.26 bits per heavy atom. The Balaban J connectivity index is 2.02. The molecule has 0 unspecified atom stereocenters. The van der Waals surface area contributed by atoms with Crippen LogP contribution in [-0.4, -0.2) is 11.5 Å². The van der Waals surface area contributed by atoms with Gasteiger partial charge in [-0.3, -0.25) is 0 Å². The van der Waals surface area contributed by atoms with Crippen LogP contribution in [0.4, 0.5) is 0 Å². The van der Waals surface area contributed by atoms with Crippen molar-refractivity contribution in [2.75, 3.05) is 6.54 Å². The van der Waals surface area contributed by atoms with Gasteiger partial charge in [-0.1, -0.05) is 24.6 Å². The van der Waals surface area contributed by atoms with E-state index < -0.39 is 0 Å². The highest BCUT2D eigenvalue weighted by atomic mass is 35.5. The van der Waals surface area contributed by atoms with Crippen molar-refractivity contribution in [1.82, 2.24) is 10.3 Å². The molecule has 19 heavy (non-hydrogen) atoms. The van der Waals surface area contributed by atoms with Crippen molar-refractivity contribution in [1.29, 1.82) is 0 Å². The average Bonchev–Trinajstić information content (AvgIpc) is 2.39. The minimum Gasteiger partial charge on any atom is -0.439 e. The molecule has 0 aliphatic rings. The van der Waals surface area contributed by atoms with Crippen LogP contribution in [0.5, 0.6) is 11.6 Å². The molecule has 1 aromatic heterocycles. The van der Waals surface area contributed by atoms with Crippen molar-refractivity contribution >= 4 is 11.6 Å². The first-order valence-corrected chi connectivity index (χ1v) is 6.75. The lowest BCUT2D eigenvalue weighted by Gasteiger charge is -2.07. The Labute approximate surface area is 118 Å². The summed E-state index contributed by atoms with van der Waals surface area (Å²) in [5, 5.41) is 4.00. The molecule has 0 amide bonds. The van der Waals surface area contributed by atoms with Crippen LogP contribution in [-0.2, 0) is 6.54 Å². The number of halogens is 1. The Morgan fingerprint density at radius 3 is 2.95 bits per heavy atom. The first-order chi connectivity index (χ1) is 9.28. The molecule has 0 aliphatic carbocycles. The maximum Gasteiger partial charge on any atom is 0.219 e. The van der Waals surface area contributed by atoms with Crippen molar-refractivity contribution in [3.05, 3.63) is 53.2 Å². The lowest BCUT2D eigenvalue weighted by Crippen LogP contribution is -2.13. The molecule has 100 valence electrons. The van der Waals surface area contributed by atoms with Gasteiger partial charge in [0.25, 0.3) is 0 Å². The van der Waals surface area contributed by atoms with Crippen LogP contribution in [0.3, 0.4) is 0 Å². The number of pyridine rings is 1. The van der Waals surface area contributed by atoms with Gasteiger partial charge < -0.3 is 10.1 Å². The predicted molar refractivity (Wildman–Crippen MR) is 77.8 cm³/mol. The molecule has 0 fully saturated rings. The van der Waals surface area contributed by atoms with E-state index in [0.29, 0.717) is 16.7 Å². The topological polar surface area (TPSA) is 34.2 Å². The molecular weight excluding hydrogens is 260 g/mol. The zero-order valence-corrected chi connectivity index (χ0v) is 11.7. The molecule has 2 rings (SSSR count). The average molecular weight is 277 g/mol. The molecule has 4 heteroatoms. The zero-order valence-electron chi connectivity index (χ0n) is 10.9. The van der Waals surface area contributed by atoms with Crippen molar-refractivity contribution in [3.8, 4) is 11.6 Å². The van der Waals surface area contributed by atoms with Gasteiger partial charge >= 0.3 is 0 Å². The Bertz CT molecular complexity index is 531. The van der Waals surface area contributed by atoms with Gasteiger partial charge in [0.15, 0.2) is 0 Å². The first-order valence-electron chi connectivity index (χ1n) is 6.37. The molecule has 0 aliphatic heterocycles. The second-order valence-electron chi connectivity index (χ2n) is 4.24. The summed E-state index contributed by atoms with van der Waals surface area (Å²) >= 11 is 5.92. The van der Waals surface area contributed by atoms with E-state index in [1.807, 2.05) is 30.3 Å². The van der Waals surface area contributed by atoms with Gasteiger partial charge in [-0.15, -0.1) is 0 Å². The van der Waals surface area contributed by atoms with Crippen LogP contribution >= 0.6 is 11.6 Å². The molecule has 3 nitrogen and oxygen atoms in total. The first kappa shape index (κ1) is 13.8. The highest BCUT2D eigenvalue weighted by molar-refractivity contribution is 6.30. The zero-order chi connectivity index (χ0) is 13.5. The molecule has 1 aromatic carbocycles. The van der Waals surface area contributed by atoms with Crippen LogP contribution in [0, 0.1) is 0 Å². The summed E-state index contributed by atoms with van der Waals surface area (Å²) in [6, 6.07) is 11.2. The molecule has 1 heterocycles. The maximum absolute atomic E-state index is 5.92. The number of benzene rings is 1. The van der Waals surface area contributed by atoms with E-state index in [4.69, 9.17) is 16.3 Å². The van der Waals surface area contributed by atoms with E-state index in [1.165, 1.54) is 0 Å². The van der Waals surface area contributed by atoms with Crippen LogP contribution < -0.4 is 10.1 Å². The summed E-state index contributed by atoms with van der Waals surface area (Å²) in [6.07, 6.45) is 2.87. The lowest BCUT2D eigenvalue weighted by molar-refractivity contribution is 0.461. The third-order valence-electron chi connectivity index (χ3n) is 2.57. The second-order valence-corrected chi connectivity index (χ2v) is 4.67. The summed E-state index contributed by atoms with van der Waals surface area (Å²) in [5.74, 6) is 1.27. The molecule has 2 aromatic rings. The number of aromatic nitrogens is 1. The predicted octanol–water partition coefficient (Wildman–Crippen LogP) is 4.03. The molecule has 0 bridgehead atoms. The van der Waals surface area contributed by atoms with Crippen molar-refractivity contribution in [2.45, 2.75) is 19.9 Å². The lowest BCUT2D eigenvalue weighted by atomic mass is 10.2. The Morgan fingerprint density at radius 2 is 2.16 bits per heavy atom. The molecular formula is C15H17ClN2O. The normalized spacial score (nSPS) is 10.4. The highest BCUT2D eigenvalue weighted by Gasteiger charge is 2.01. The fourth-order valence-electron chi connectivity index (χ4n) is 1.68. The molecule has 0 spiro atoms. The van der Waals surface area contributed by atoms with E-state index in [0.717, 1.165) is 25.1 Å². The molecule has 0 saturated heterocycles. The minimum atomic E-state index is 0.582. The fraction of sp³-hybridized carbons (Fsp3) is 0.267. The summed E-state index contributed by atoms with van der Waals surface area (Å²) in [4.78, 5) is 4.20. The summed E-state index contributed by atoms with van der Waals surface area (Å²) in [7, 11) is 0. The minimum absolute atomic E-state index is 0.582. The van der Waals surface area contributed by atoms with Gasteiger partial charge in [-0.05, 0) is 42.8 Å². The molecule has 1 N–H and O–H groups in total. The summed E-state index contributed by atoms with van der Waals surface area (Å²) < 4.78 is 5.68. The van der Waals surface area contributed by atoms with E-state index in [2.05, 4.69) is 17.2 Å². The molecule has 0 radical (unpaired) electrons. The van der Waals surface area contributed by atoms with Crippen LogP contribution in [0.2, 0.25) is 5.02 Å². The van der Waals surface area contributed by atoms with Gasteiger partial charge in [0.05, 0.1) is 0 Å². The van der Waals surface area contributed by atoms with Gasteiger partial charge in [0, 0.05) is 23.8 Å². The number of ether oxygens (including phenoxy) is 1. The summed E-state index contributed by atoms with van der Waals surface area (Å²) in [5.41, 5.74) is 1.15. The number of nitrogens with one attached hydrogen (secondary N) is 1. The highest BCUT2D eigenvalue weighted by Crippen LogP contribution is 2.23. The maximum atomic E-state index is 5.92. The summed E-state index contributed by atoms with van der Waals surface area (Å²) in [6.45, 7) is 3.97. The van der Waals surface area contributed by atoms with Gasteiger partial charge in [-0.25, -0.2) is 4.98 Å². The fourth-order valence-corrected chi connectivity index (χ4v) is 1.86. The van der Waals surface area contributed by atoms with Crippen LogP contribution in [0.15, 0.2) is 42.6 Å². The van der Waals surface area contributed by atoms with E-state index >= 15 is 0 Å². The van der Waals surface area contributed by atoms with E-state index in [9.17, 15) is 0 Å². The number of rotatable bonds is 6. The second kappa shape index (κ2) is 7.12. The van der Waals surface area contributed by atoms with Crippen molar-refractivity contribution in [3.63, 3.8) is 0 Å². The van der Waals surface area contributed by atoms with Gasteiger partial charge in [0.1, 0.15) is 5.75 Å². The molecule has 0 atom stereocenters. The van der Waals surface area contributed by atoms with Crippen molar-refractivity contribution in [2.24, 2.45) is 0 Å². The Hall–Kier alpha value is -1.58. The van der Waals surface area contributed by atoms with Crippen LogP contribution in [0.1, 0.15) is 18.9 Å². The van der Waals surface area contributed by atoms with Crippen LogP contribution in [0.25, 0.3) is 0 Å². The van der Waals surface area contributed by atoms with Crippen molar-refractivity contribution < 1.29 is 4.74 Å². The number of hydrogen-bond donors (Lipinski definition) is 1. The third kappa shape index (κ3) is 4.54. The number of hydrogen-bond acceptors (Lipinski definition) is 3. The monoisotopic (exact) mass is 276 g/mol. The quantitative estimate of drug-likeness (QED) is 0.809. The smallest absolute Gasteiger partial charge is 0.219 e. The number of nitrogens with zero attached hydrogens (tertiary/aromatic N) is 1.